The lowest BCUT2D eigenvalue weighted by molar-refractivity contribution is 0.0828. The second kappa shape index (κ2) is 6.59. The van der Waals surface area contributed by atoms with E-state index in [1.54, 1.807) is 44.4 Å². The summed E-state index contributed by atoms with van der Waals surface area (Å²) in [6, 6.07) is 11.7. The Hall–Kier alpha value is -2.07. The summed E-state index contributed by atoms with van der Waals surface area (Å²) in [6.45, 7) is 0.278. The van der Waals surface area contributed by atoms with Crippen LogP contribution in [0.2, 0.25) is 5.02 Å². The molecule has 0 spiro atoms. The molecule has 0 heterocycles. The number of anilines is 1. The minimum absolute atomic E-state index is 0.102. The van der Waals surface area contributed by atoms with Crippen LogP contribution in [0.5, 0.6) is 0 Å². The Bertz CT molecular complexity index is 658. The van der Waals surface area contributed by atoms with Crippen LogP contribution < -0.4 is 5.32 Å². The normalized spacial score (nSPS) is 10.3. The molecular weight excluding hydrogens is 291 g/mol. The van der Waals surface area contributed by atoms with Crippen LogP contribution in [0.3, 0.4) is 0 Å². The predicted octanol–water partition coefficient (Wildman–Crippen LogP) is 3.79. The molecule has 0 bridgehead atoms. The first-order valence-electron chi connectivity index (χ1n) is 6.47. The minimum Gasteiger partial charge on any atom is -0.380 e. The van der Waals surface area contributed by atoms with Gasteiger partial charge in [0.15, 0.2) is 0 Å². The standard InChI is InChI=1S/C16H16ClFN2O/c1-20(2)16(21)13-5-3-4-6-15(13)19-10-11-7-8-12(17)9-14(11)18/h3-9,19H,10H2,1-2H3. The molecule has 110 valence electrons. The third kappa shape index (κ3) is 3.73. The highest BCUT2D eigenvalue weighted by molar-refractivity contribution is 6.30. The average molecular weight is 307 g/mol. The second-order valence-electron chi connectivity index (χ2n) is 4.83. The number of benzene rings is 2. The van der Waals surface area contributed by atoms with Gasteiger partial charge in [0.05, 0.1) is 5.56 Å². The number of nitrogens with zero attached hydrogens (tertiary/aromatic N) is 1. The Labute approximate surface area is 128 Å². The van der Waals surface area contributed by atoms with E-state index in [-0.39, 0.29) is 18.3 Å². The molecule has 21 heavy (non-hydrogen) atoms. The monoisotopic (exact) mass is 306 g/mol. The summed E-state index contributed by atoms with van der Waals surface area (Å²) in [4.78, 5) is 13.6. The number of carbonyl (C=O) groups excluding carboxylic acids is 1. The van der Waals surface area contributed by atoms with Crippen molar-refractivity contribution in [3.05, 3.63) is 64.4 Å². The Morgan fingerprint density at radius 1 is 1.24 bits per heavy atom. The van der Waals surface area contributed by atoms with E-state index < -0.39 is 0 Å². The molecule has 0 fully saturated rings. The van der Waals surface area contributed by atoms with Crippen LogP contribution in [0, 0.1) is 5.82 Å². The molecule has 3 nitrogen and oxygen atoms in total. The lowest BCUT2D eigenvalue weighted by Gasteiger charge is -2.15. The maximum Gasteiger partial charge on any atom is 0.255 e. The first kappa shape index (κ1) is 15.3. The van der Waals surface area contributed by atoms with Gasteiger partial charge in [-0.05, 0) is 24.3 Å². The minimum atomic E-state index is -0.369. The number of nitrogens with one attached hydrogen (secondary N) is 1. The van der Waals surface area contributed by atoms with Gasteiger partial charge in [-0.3, -0.25) is 4.79 Å². The fourth-order valence-electron chi connectivity index (χ4n) is 1.92. The zero-order valence-electron chi connectivity index (χ0n) is 11.9. The van der Waals surface area contributed by atoms with Crippen molar-refractivity contribution in [2.45, 2.75) is 6.54 Å². The quantitative estimate of drug-likeness (QED) is 0.932. The average Bonchev–Trinajstić information content (AvgIpc) is 2.46. The van der Waals surface area contributed by atoms with Gasteiger partial charge in [-0.1, -0.05) is 29.8 Å². The number of hydrogen-bond donors (Lipinski definition) is 1. The molecule has 5 heteroatoms. The Balaban J connectivity index is 2.19. The Morgan fingerprint density at radius 3 is 2.62 bits per heavy atom. The number of carbonyl (C=O) groups is 1. The molecule has 0 saturated carbocycles. The van der Waals surface area contributed by atoms with Crippen LogP contribution in [-0.4, -0.2) is 24.9 Å². The number of para-hydroxylation sites is 1. The van der Waals surface area contributed by atoms with Gasteiger partial charge in [-0.15, -0.1) is 0 Å². The fourth-order valence-corrected chi connectivity index (χ4v) is 2.08. The number of amides is 1. The molecule has 0 unspecified atom stereocenters. The maximum absolute atomic E-state index is 13.7. The molecule has 0 radical (unpaired) electrons. The van der Waals surface area contributed by atoms with E-state index >= 15 is 0 Å². The van der Waals surface area contributed by atoms with E-state index in [2.05, 4.69) is 5.32 Å². The van der Waals surface area contributed by atoms with E-state index in [0.717, 1.165) is 0 Å². The largest absolute Gasteiger partial charge is 0.380 e. The zero-order valence-corrected chi connectivity index (χ0v) is 12.6. The number of hydrogen-bond acceptors (Lipinski definition) is 2. The molecule has 2 rings (SSSR count). The lowest BCUT2D eigenvalue weighted by Crippen LogP contribution is -2.22. The molecule has 1 amide bonds. The molecule has 2 aromatic carbocycles. The smallest absolute Gasteiger partial charge is 0.255 e. The fraction of sp³-hybridized carbons (Fsp3) is 0.188. The van der Waals surface area contributed by atoms with Crippen molar-refractivity contribution in [1.29, 1.82) is 0 Å². The first-order valence-corrected chi connectivity index (χ1v) is 6.85. The van der Waals surface area contributed by atoms with E-state index in [9.17, 15) is 9.18 Å². The van der Waals surface area contributed by atoms with Crippen LogP contribution in [0.15, 0.2) is 42.5 Å². The van der Waals surface area contributed by atoms with Gasteiger partial charge in [-0.2, -0.15) is 0 Å². The summed E-state index contributed by atoms with van der Waals surface area (Å²) in [7, 11) is 3.38. The van der Waals surface area contributed by atoms with Crippen LogP contribution in [0.4, 0.5) is 10.1 Å². The third-order valence-electron chi connectivity index (χ3n) is 3.05. The molecule has 1 N–H and O–H groups in total. The summed E-state index contributed by atoms with van der Waals surface area (Å²) in [6.07, 6.45) is 0. The van der Waals surface area contributed by atoms with Gasteiger partial charge in [0.25, 0.3) is 5.91 Å². The highest BCUT2D eigenvalue weighted by atomic mass is 35.5. The van der Waals surface area contributed by atoms with Crippen molar-refractivity contribution in [1.82, 2.24) is 4.90 Å². The second-order valence-corrected chi connectivity index (χ2v) is 5.27. The van der Waals surface area contributed by atoms with Gasteiger partial charge >= 0.3 is 0 Å². The molecule has 0 saturated heterocycles. The van der Waals surface area contributed by atoms with Crippen LogP contribution in [0.25, 0.3) is 0 Å². The highest BCUT2D eigenvalue weighted by Crippen LogP contribution is 2.19. The zero-order chi connectivity index (χ0) is 15.4. The van der Waals surface area contributed by atoms with Crippen LogP contribution in [-0.2, 0) is 6.54 Å². The molecule has 0 atom stereocenters. The van der Waals surface area contributed by atoms with Gasteiger partial charge in [0.1, 0.15) is 5.82 Å². The van der Waals surface area contributed by atoms with Crippen LogP contribution >= 0.6 is 11.6 Å². The van der Waals surface area contributed by atoms with E-state index in [4.69, 9.17) is 11.6 Å². The third-order valence-corrected chi connectivity index (χ3v) is 3.28. The maximum atomic E-state index is 13.7. The molecular formula is C16H16ClFN2O. The Kier molecular flexibility index (Phi) is 4.81. The van der Waals surface area contributed by atoms with E-state index in [0.29, 0.717) is 21.8 Å². The van der Waals surface area contributed by atoms with Crippen molar-refractivity contribution < 1.29 is 9.18 Å². The molecule has 0 aliphatic heterocycles. The van der Waals surface area contributed by atoms with E-state index in [1.807, 2.05) is 6.07 Å². The van der Waals surface area contributed by atoms with Crippen molar-refractivity contribution in [3.8, 4) is 0 Å². The predicted molar refractivity (Wildman–Crippen MR) is 83.2 cm³/mol. The van der Waals surface area contributed by atoms with Gasteiger partial charge in [0, 0.05) is 36.9 Å². The van der Waals surface area contributed by atoms with Gasteiger partial charge in [0.2, 0.25) is 0 Å². The van der Waals surface area contributed by atoms with Gasteiger partial charge in [-0.25, -0.2) is 4.39 Å². The first-order chi connectivity index (χ1) is 9.99. The van der Waals surface area contributed by atoms with Gasteiger partial charge < -0.3 is 10.2 Å². The summed E-state index contributed by atoms with van der Waals surface area (Å²) < 4.78 is 13.7. The van der Waals surface area contributed by atoms with E-state index in [1.165, 1.54) is 11.0 Å². The molecule has 2 aromatic rings. The SMILES string of the molecule is CN(C)C(=O)c1ccccc1NCc1ccc(Cl)cc1F. The number of halogens is 2. The Morgan fingerprint density at radius 2 is 1.95 bits per heavy atom. The summed E-state index contributed by atoms with van der Waals surface area (Å²) in [5.41, 5.74) is 1.72. The summed E-state index contributed by atoms with van der Waals surface area (Å²) in [5, 5.41) is 3.46. The molecule has 0 aromatic heterocycles. The van der Waals surface area contributed by atoms with Crippen molar-refractivity contribution in [2.75, 3.05) is 19.4 Å². The number of rotatable bonds is 4. The molecule has 0 aliphatic rings. The van der Waals surface area contributed by atoms with Crippen LogP contribution in [0.1, 0.15) is 15.9 Å². The van der Waals surface area contributed by atoms with Crippen molar-refractivity contribution >= 4 is 23.2 Å². The highest BCUT2D eigenvalue weighted by Gasteiger charge is 2.12. The van der Waals surface area contributed by atoms with Crippen molar-refractivity contribution in [3.63, 3.8) is 0 Å². The summed E-state index contributed by atoms with van der Waals surface area (Å²) in [5.74, 6) is -0.471. The lowest BCUT2D eigenvalue weighted by atomic mass is 10.1. The summed E-state index contributed by atoms with van der Waals surface area (Å²) >= 11 is 5.73. The molecule has 0 aliphatic carbocycles. The topological polar surface area (TPSA) is 32.3 Å². The van der Waals surface area contributed by atoms with Crippen molar-refractivity contribution in [2.24, 2.45) is 0 Å².